The molecule has 0 heterocycles. The van der Waals surface area contributed by atoms with Gasteiger partial charge in [-0.1, -0.05) is 255 Å². The van der Waals surface area contributed by atoms with Crippen LogP contribution in [0.25, 0.3) is 0 Å². The van der Waals surface area contributed by atoms with E-state index < -0.39 is 6.10 Å². The molecule has 77 heavy (non-hydrogen) atoms. The molecule has 0 radical (unpaired) electrons. The fourth-order valence-corrected chi connectivity index (χ4v) is 7.69. The fourth-order valence-electron chi connectivity index (χ4n) is 7.69. The Bertz CT molecular complexity index is 1790. The molecule has 0 aromatic heterocycles. The number of carbonyl (C=O) groups excluding carboxylic acids is 3. The number of hydrogen-bond acceptors (Lipinski definition) is 6. The highest BCUT2D eigenvalue weighted by molar-refractivity contribution is 5.71. The largest absolute Gasteiger partial charge is 0.462 e. The van der Waals surface area contributed by atoms with Crippen molar-refractivity contribution >= 4 is 17.9 Å². The maximum Gasteiger partial charge on any atom is 0.306 e. The van der Waals surface area contributed by atoms with Crippen molar-refractivity contribution in [1.29, 1.82) is 0 Å². The van der Waals surface area contributed by atoms with Crippen molar-refractivity contribution in [2.75, 3.05) is 13.2 Å². The van der Waals surface area contributed by atoms with Crippen LogP contribution in [0.5, 0.6) is 0 Å². The van der Waals surface area contributed by atoms with Crippen LogP contribution in [0.15, 0.2) is 170 Å². The highest BCUT2D eigenvalue weighted by atomic mass is 16.6. The van der Waals surface area contributed by atoms with Gasteiger partial charge >= 0.3 is 17.9 Å². The topological polar surface area (TPSA) is 78.9 Å². The van der Waals surface area contributed by atoms with Gasteiger partial charge in [-0.25, -0.2) is 0 Å². The first kappa shape index (κ1) is 71.8. The van der Waals surface area contributed by atoms with Gasteiger partial charge in [-0.3, -0.25) is 14.4 Å². The van der Waals surface area contributed by atoms with Crippen LogP contribution in [-0.2, 0) is 28.6 Å². The Morgan fingerprint density at radius 3 is 0.792 bits per heavy atom. The molecule has 0 saturated heterocycles. The minimum Gasteiger partial charge on any atom is -0.462 e. The van der Waals surface area contributed by atoms with Crippen molar-refractivity contribution in [3.05, 3.63) is 170 Å². The SMILES string of the molecule is CC/C=C\C/C=C\C/C=C\C/C=C\C/C=C\C/C=C\C/C=C\C/C=C\C/C=C\CCCCCCCC(=O)OCC(COC(=O)CCCCCCC)OC(=O)CCCCCCC/C=C\C/C=C\C/C=C\C/C=C\C/C=C\CC. The molecule has 0 amide bonds. The van der Waals surface area contributed by atoms with Gasteiger partial charge in [-0.2, -0.15) is 0 Å². The lowest BCUT2D eigenvalue weighted by Gasteiger charge is -2.18. The van der Waals surface area contributed by atoms with E-state index in [1.807, 2.05) is 0 Å². The van der Waals surface area contributed by atoms with E-state index in [-0.39, 0.29) is 31.1 Å². The number of ether oxygens (including phenoxy) is 3. The van der Waals surface area contributed by atoms with Crippen molar-refractivity contribution in [3.63, 3.8) is 0 Å². The number of rotatable bonds is 53. The van der Waals surface area contributed by atoms with Crippen LogP contribution in [0, 0.1) is 0 Å². The summed E-state index contributed by atoms with van der Waals surface area (Å²) in [4.78, 5) is 37.9. The molecule has 0 N–H and O–H groups in total. The molecular formula is C71H110O6. The first-order valence-corrected chi connectivity index (χ1v) is 30.6. The Morgan fingerprint density at radius 1 is 0.273 bits per heavy atom. The van der Waals surface area contributed by atoms with E-state index in [1.54, 1.807) is 0 Å². The molecule has 0 bridgehead atoms. The van der Waals surface area contributed by atoms with Crippen molar-refractivity contribution in [3.8, 4) is 0 Å². The third-order valence-electron chi connectivity index (χ3n) is 12.2. The summed E-state index contributed by atoms with van der Waals surface area (Å²) >= 11 is 0. The number of carbonyl (C=O) groups is 3. The van der Waals surface area contributed by atoms with Crippen molar-refractivity contribution in [2.24, 2.45) is 0 Å². The molecule has 6 nitrogen and oxygen atoms in total. The predicted octanol–water partition coefficient (Wildman–Crippen LogP) is 21.1. The second-order valence-electron chi connectivity index (χ2n) is 19.5. The molecular weight excluding hydrogens is 949 g/mol. The van der Waals surface area contributed by atoms with Crippen LogP contribution in [0.4, 0.5) is 0 Å². The number of unbranched alkanes of at least 4 members (excludes halogenated alkanes) is 14. The van der Waals surface area contributed by atoms with Crippen LogP contribution in [0.1, 0.15) is 239 Å². The Labute approximate surface area is 472 Å². The molecule has 0 fully saturated rings. The minimum atomic E-state index is -0.802. The normalized spacial score (nSPS) is 13.3. The van der Waals surface area contributed by atoms with Crippen LogP contribution in [0.2, 0.25) is 0 Å². The number of allylic oxidation sites excluding steroid dienone is 28. The Hall–Kier alpha value is -5.23. The lowest BCUT2D eigenvalue weighted by Crippen LogP contribution is -2.30. The highest BCUT2D eigenvalue weighted by Gasteiger charge is 2.19. The summed E-state index contributed by atoms with van der Waals surface area (Å²) in [6.45, 7) is 6.27. The Balaban J connectivity index is 4.19. The number of esters is 3. The maximum absolute atomic E-state index is 12.8. The lowest BCUT2D eigenvalue weighted by molar-refractivity contribution is -0.167. The van der Waals surface area contributed by atoms with E-state index in [2.05, 4.69) is 191 Å². The van der Waals surface area contributed by atoms with E-state index in [1.165, 1.54) is 0 Å². The van der Waals surface area contributed by atoms with Gasteiger partial charge in [0.2, 0.25) is 0 Å². The van der Waals surface area contributed by atoms with Crippen molar-refractivity contribution < 1.29 is 28.6 Å². The second kappa shape index (κ2) is 63.3. The van der Waals surface area contributed by atoms with Gasteiger partial charge < -0.3 is 14.2 Å². The smallest absolute Gasteiger partial charge is 0.306 e. The molecule has 0 aromatic rings. The fraction of sp³-hybridized carbons (Fsp3) is 0.563. The third-order valence-corrected chi connectivity index (χ3v) is 12.2. The monoisotopic (exact) mass is 1060 g/mol. The van der Waals surface area contributed by atoms with E-state index in [0.717, 1.165) is 199 Å². The lowest BCUT2D eigenvalue weighted by atomic mass is 10.1. The molecule has 1 atom stereocenters. The molecule has 430 valence electrons. The molecule has 6 heteroatoms. The standard InChI is InChI=1S/C71H110O6/c1-4-7-10-13-15-17-19-21-23-25-27-29-30-31-32-33-34-35-36-37-38-39-40-42-43-45-47-49-51-53-55-58-61-64-70(73)76-67-68(66-75-69(72)63-60-57-12-9-6-3)77-71(74)65-62-59-56-54-52-50-48-46-44-41-28-26-24-22-20-18-16-14-11-8-5-2/h7-8,10-11,15-18,21-24,27-29,31-32,34-35,37-38,40-42,45-48,68H,4-6,9,12-14,19-20,25-26,30,33,36,39,43-44,49-67H2,1-3H3/b10-7-,11-8-,17-15-,18-16-,23-21-,24-22-,29-27-,32-31-,35-34-,38-37-,41-28-,42-40-,47-45-,48-46-. The third kappa shape index (κ3) is 61.5. The van der Waals surface area contributed by atoms with Crippen LogP contribution >= 0.6 is 0 Å². The van der Waals surface area contributed by atoms with E-state index in [0.29, 0.717) is 19.3 Å². The molecule has 0 aromatic carbocycles. The van der Waals surface area contributed by atoms with E-state index >= 15 is 0 Å². The predicted molar refractivity (Wildman–Crippen MR) is 334 cm³/mol. The molecule has 0 saturated carbocycles. The van der Waals surface area contributed by atoms with E-state index in [4.69, 9.17) is 14.2 Å². The minimum absolute atomic E-state index is 0.100. The summed E-state index contributed by atoms with van der Waals surface area (Å²) in [5.41, 5.74) is 0. The molecule has 0 aliphatic rings. The van der Waals surface area contributed by atoms with Gasteiger partial charge in [-0.05, 0) is 135 Å². The van der Waals surface area contributed by atoms with Gasteiger partial charge in [0, 0.05) is 19.3 Å². The van der Waals surface area contributed by atoms with Gasteiger partial charge in [0.1, 0.15) is 13.2 Å². The van der Waals surface area contributed by atoms with Gasteiger partial charge in [0.05, 0.1) is 0 Å². The summed E-state index contributed by atoms with van der Waals surface area (Å²) < 4.78 is 16.7. The van der Waals surface area contributed by atoms with Gasteiger partial charge in [-0.15, -0.1) is 0 Å². The molecule has 0 spiro atoms. The summed E-state index contributed by atoms with van der Waals surface area (Å²) in [6, 6.07) is 0. The average Bonchev–Trinajstić information content (AvgIpc) is 3.43. The number of hydrogen-bond donors (Lipinski definition) is 0. The summed E-state index contributed by atoms with van der Waals surface area (Å²) in [5.74, 6) is -0.962. The molecule has 0 aliphatic carbocycles. The van der Waals surface area contributed by atoms with E-state index in [9.17, 15) is 14.4 Å². The van der Waals surface area contributed by atoms with Crippen LogP contribution < -0.4 is 0 Å². The Kier molecular flexibility index (Phi) is 59.0. The van der Waals surface area contributed by atoms with Gasteiger partial charge in [0.15, 0.2) is 6.10 Å². The highest BCUT2D eigenvalue weighted by Crippen LogP contribution is 2.13. The van der Waals surface area contributed by atoms with Crippen molar-refractivity contribution in [2.45, 2.75) is 245 Å². The zero-order chi connectivity index (χ0) is 55.7. The molecule has 0 aliphatic heterocycles. The maximum atomic E-state index is 12.8. The van der Waals surface area contributed by atoms with Crippen LogP contribution in [-0.4, -0.2) is 37.2 Å². The zero-order valence-electron chi connectivity index (χ0n) is 49.1. The zero-order valence-corrected chi connectivity index (χ0v) is 49.1. The first-order chi connectivity index (χ1) is 38.0. The summed E-state index contributed by atoms with van der Waals surface area (Å²) in [5, 5.41) is 0. The quantitative estimate of drug-likeness (QED) is 0.0261. The summed E-state index contributed by atoms with van der Waals surface area (Å²) in [7, 11) is 0. The first-order valence-electron chi connectivity index (χ1n) is 30.6. The molecule has 0 rings (SSSR count). The molecule has 1 unspecified atom stereocenters. The van der Waals surface area contributed by atoms with Crippen LogP contribution in [0.3, 0.4) is 0 Å². The second-order valence-corrected chi connectivity index (χ2v) is 19.5. The summed E-state index contributed by atoms with van der Waals surface area (Å²) in [6.07, 6.45) is 93.9. The Morgan fingerprint density at radius 2 is 0.506 bits per heavy atom. The van der Waals surface area contributed by atoms with Gasteiger partial charge in [0.25, 0.3) is 0 Å². The average molecular weight is 1060 g/mol. The van der Waals surface area contributed by atoms with Crippen molar-refractivity contribution in [1.82, 2.24) is 0 Å².